The molecule has 0 saturated heterocycles. The zero-order valence-corrected chi connectivity index (χ0v) is 14.8. The molecule has 0 saturated carbocycles. The summed E-state index contributed by atoms with van der Waals surface area (Å²) in [6.45, 7) is 2.72. The van der Waals surface area contributed by atoms with Crippen molar-refractivity contribution in [2.75, 3.05) is 7.05 Å². The fourth-order valence-corrected chi connectivity index (χ4v) is 2.09. The molecule has 0 N–H and O–H groups in total. The number of pyridine rings is 1. The summed E-state index contributed by atoms with van der Waals surface area (Å²) in [4.78, 5) is 16.7. The van der Waals surface area contributed by atoms with Crippen LogP contribution in [0.2, 0.25) is 5.15 Å². The molecule has 0 spiro atoms. The number of hydrogen-bond acceptors (Lipinski definition) is 4. The molecule has 2 rings (SSSR count). The van der Waals surface area contributed by atoms with Crippen LogP contribution in [-0.2, 0) is 18.3 Å². The van der Waals surface area contributed by atoms with Crippen LogP contribution in [0.1, 0.15) is 29.1 Å². The number of aromatic nitrogens is 3. The fourth-order valence-electron chi connectivity index (χ4n) is 1.93. The Labute approximate surface area is 148 Å². The van der Waals surface area contributed by atoms with E-state index in [2.05, 4.69) is 10.1 Å². The van der Waals surface area contributed by atoms with E-state index in [1.807, 2.05) is 0 Å². The summed E-state index contributed by atoms with van der Waals surface area (Å²) >= 11 is 5.72. The predicted molar refractivity (Wildman–Crippen MR) is 89.1 cm³/mol. The maximum Gasteiger partial charge on any atom is 0.410 e. The average molecular weight is 357 g/mol. The topological polar surface area (TPSA) is 60.2 Å². The summed E-state index contributed by atoms with van der Waals surface area (Å²) in [5, 5.41) is 3.79. The van der Waals surface area contributed by atoms with Crippen LogP contribution >= 0.6 is 11.6 Å². The number of rotatable bonds is 3. The highest BCUT2D eigenvalue weighted by Crippen LogP contribution is 2.28. The molecular formula is C16H20ClFN4O2. The Balaban J connectivity index is 2.51. The number of carbonyl (C=O) groups excluding carboxylic acids is 1. The molecule has 0 radical (unpaired) electrons. The number of hydrogen-bond donors (Lipinski definition) is 0. The number of carbonyl (C=O) groups is 1. The van der Waals surface area contributed by atoms with Gasteiger partial charge < -0.3 is 9.64 Å². The van der Waals surface area contributed by atoms with Crippen LogP contribution in [0.25, 0.3) is 11.3 Å². The molecule has 0 fully saturated rings. The van der Waals surface area contributed by atoms with Gasteiger partial charge in [-0.3, -0.25) is 4.68 Å². The van der Waals surface area contributed by atoms with E-state index in [-0.39, 0.29) is 22.0 Å². The minimum atomic E-state index is -2.31. The first-order valence-electron chi connectivity index (χ1n) is 8.16. The van der Waals surface area contributed by atoms with E-state index in [0.717, 1.165) is 4.90 Å². The third-order valence-corrected chi connectivity index (χ3v) is 3.15. The lowest BCUT2D eigenvalue weighted by atomic mass is 10.1. The summed E-state index contributed by atoms with van der Waals surface area (Å²) in [5.41, 5.74) is -0.782. The van der Waals surface area contributed by atoms with Gasteiger partial charge in [0.2, 0.25) is 0 Å². The maximum absolute atomic E-state index is 14.4. The second-order valence-corrected chi connectivity index (χ2v) is 6.54. The van der Waals surface area contributed by atoms with Gasteiger partial charge in [0.15, 0.2) is 11.0 Å². The quantitative estimate of drug-likeness (QED) is 0.788. The van der Waals surface area contributed by atoms with Crippen LogP contribution in [0.3, 0.4) is 0 Å². The van der Waals surface area contributed by atoms with Gasteiger partial charge >= 0.3 is 6.09 Å². The molecule has 0 aliphatic heterocycles. The normalized spacial score (nSPS) is 13.3. The van der Waals surface area contributed by atoms with Gasteiger partial charge in [-0.25, -0.2) is 14.2 Å². The van der Waals surface area contributed by atoms with E-state index >= 15 is 0 Å². The molecule has 2 heterocycles. The van der Waals surface area contributed by atoms with E-state index in [1.54, 1.807) is 27.8 Å². The molecule has 0 unspecified atom stereocenters. The average Bonchev–Trinajstić information content (AvgIpc) is 2.90. The standard InChI is InChI=1S/C16H20ClFN4O2/c1-16(2,3)24-15(23)21(4)8-10-9-22(5)20-13(10)11-6-7-19-14(17)12(11)18/h6-7,9H,8H2,1-5H3/i8D2. The monoisotopic (exact) mass is 356 g/mol. The zero-order valence-electron chi connectivity index (χ0n) is 16.1. The summed E-state index contributed by atoms with van der Waals surface area (Å²) in [6, 6.07) is 1.34. The molecule has 2 aromatic rings. The number of amides is 1. The van der Waals surface area contributed by atoms with Gasteiger partial charge in [-0.1, -0.05) is 11.6 Å². The molecule has 0 bridgehead atoms. The first-order valence-corrected chi connectivity index (χ1v) is 7.53. The summed E-state index contributed by atoms with van der Waals surface area (Å²) in [7, 11) is 2.83. The molecule has 0 aliphatic carbocycles. The van der Waals surface area contributed by atoms with Crippen LogP contribution in [0, 0.1) is 5.82 Å². The molecule has 6 nitrogen and oxygen atoms in total. The Morgan fingerprint density at radius 1 is 1.54 bits per heavy atom. The van der Waals surface area contributed by atoms with Gasteiger partial charge in [0, 0.05) is 37.6 Å². The van der Waals surface area contributed by atoms with Gasteiger partial charge in [-0.05, 0) is 26.8 Å². The number of halogens is 2. The van der Waals surface area contributed by atoms with E-state index in [4.69, 9.17) is 19.1 Å². The molecule has 24 heavy (non-hydrogen) atoms. The van der Waals surface area contributed by atoms with Crippen LogP contribution in [0.4, 0.5) is 9.18 Å². The third kappa shape index (κ3) is 4.23. The maximum atomic E-state index is 14.4. The van der Waals surface area contributed by atoms with Gasteiger partial charge in [0.25, 0.3) is 0 Å². The highest BCUT2D eigenvalue weighted by Gasteiger charge is 2.22. The van der Waals surface area contributed by atoms with Crippen molar-refractivity contribution < 1.29 is 16.7 Å². The second kappa shape index (κ2) is 6.76. The second-order valence-electron chi connectivity index (χ2n) is 6.18. The molecule has 2 aromatic heterocycles. The van der Waals surface area contributed by atoms with E-state index < -0.39 is 24.0 Å². The van der Waals surface area contributed by atoms with Crippen molar-refractivity contribution in [3.8, 4) is 11.3 Å². The first-order chi connectivity index (χ1) is 11.8. The predicted octanol–water partition coefficient (Wildman–Crippen LogP) is 3.64. The molecule has 0 aliphatic rings. The fraction of sp³-hybridized carbons (Fsp3) is 0.438. The van der Waals surface area contributed by atoms with E-state index in [1.165, 1.54) is 30.2 Å². The van der Waals surface area contributed by atoms with Crippen molar-refractivity contribution in [2.45, 2.75) is 32.9 Å². The molecule has 130 valence electrons. The van der Waals surface area contributed by atoms with E-state index in [0.29, 0.717) is 0 Å². The largest absolute Gasteiger partial charge is 0.444 e. The Bertz CT molecular complexity index is 836. The van der Waals surface area contributed by atoms with Gasteiger partial charge in [0.1, 0.15) is 11.3 Å². The summed E-state index contributed by atoms with van der Waals surface area (Å²) in [6.07, 6.45) is 1.82. The summed E-state index contributed by atoms with van der Waals surface area (Å²) in [5.74, 6) is -0.815. The Morgan fingerprint density at radius 2 is 2.21 bits per heavy atom. The first kappa shape index (κ1) is 15.4. The van der Waals surface area contributed by atoms with Crippen LogP contribution in [0.5, 0.6) is 0 Å². The van der Waals surface area contributed by atoms with E-state index in [9.17, 15) is 9.18 Å². The van der Waals surface area contributed by atoms with Crippen LogP contribution in [0.15, 0.2) is 18.5 Å². The minimum absolute atomic E-state index is 0.00507. The summed E-state index contributed by atoms with van der Waals surface area (Å²) < 4.78 is 37.7. The molecule has 8 heteroatoms. The minimum Gasteiger partial charge on any atom is -0.444 e. The highest BCUT2D eigenvalue weighted by atomic mass is 35.5. The van der Waals surface area contributed by atoms with Crippen LogP contribution in [-0.4, -0.2) is 38.4 Å². The lowest BCUT2D eigenvalue weighted by Crippen LogP contribution is -2.33. The number of aryl methyl sites for hydroxylation is 1. The smallest absolute Gasteiger partial charge is 0.410 e. The Morgan fingerprint density at radius 3 is 2.83 bits per heavy atom. The SMILES string of the molecule is [2H]C([2H])(c1cn(C)nc1-c1ccnc(Cl)c1F)N(C)C(=O)OC(C)(C)C. The lowest BCUT2D eigenvalue weighted by Gasteiger charge is -2.24. The Hall–Kier alpha value is -2.15. The van der Waals surface area contributed by atoms with Crippen molar-refractivity contribution in [1.29, 1.82) is 0 Å². The number of nitrogens with zero attached hydrogens (tertiary/aromatic N) is 4. The molecule has 0 aromatic carbocycles. The van der Waals surface area contributed by atoms with Crippen LogP contribution < -0.4 is 0 Å². The molecular weight excluding hydrogens is 335 g/mol. The van der Waals surface area contributed by atoms with Gasteiger partial charge in [-0.15, -0.1) is 0 Å². The lowest BCUT2D eigenvalue weighted by molar-refractivity contribution is 0.0285. The van der Waals surface area contributed by atoms with Crippen molar-refractivity contribution in [1.82, 2.24) is 19.7 Å². The number of ether oxygens (including phenoxy) is 1. The highest BCUT2D eigenvalue weighted by molar-refractivity contribution is 6.29. The van der Waals surface area contributed by atoms with Gasteiger partial charge in [-0.2, -0.15) is 5.10 Å². The zero-order chi connectivity index (χ0) is 19.9. The molecule has 0 atom stereocenters. The third-order valence-electron chi connectivity index (χ3n) is 2.89. The van der Waals surface area contributed by atoms with Crippen molar-refractivity contribution in [3.05, 3.63) is 35.0 Å². The van der Waals surface area contributed by atoms with Crippen molar-refractivity contribution >= 4 is 17.7 Å². The van der Waals surface area contributed by atoms with Crippen molar-refractivity contribution in [3.63, 3.8) is 0 Å². The Kier molecular flexibility index (Phi) is 4.34. The molecule has 1 amide bonds. The van der Waals surface area contributed by atoms with Gasteiger partial charge in [0.05, 0.1) is 9.24 Å². The van der Waals surface area contributed by atoms with Crippen molar-refractivity contribution in [2.24, 2.45) is 7.05 Å².